The van der Waals surface area contributed by atoms with Crippen molar-refractivity contribution in [2.24, 2.45) is 10.9 Å². The van der Waals surface area contributed by atoms with Gasteiger partial charge in [-0.15, -0.1) is 0 Å². The molecule has 1 aromatic carbocycles. The second kappa shape index (κ2) is 6.28. The molecule has 8 heteroatoms. The van der Waals surface area contributed by atoms with E-state index in [0.29, 0.717) is 0 Å². The molecule has 0 aliphatic carbocycles. The van der Waals surface area contributed by atoms with E-state index in [1.54, 1.807) is 0 Å². The largest absolute Gasteiger partial charge is 0.491 e. The molecule has 0 spiro atoms. The second-order valence-corrected chi connectivity index (χ2v) is 3.53. The number of amidine groups is 1. The van der Waals surface area contributed by atoms with Gasteiger partial charge in [-0.2, -0.15) is 13.2 Å². The first-order chi connectivity index (χ1) is 8.90. The molecular formula is C11H13F3N2O3. The lowest BCUT2D eigenvalue weighted by atomic mass is 10.1. The third-order valence-corrected chi connectivity index (χ3v) is 2.24. The Bertz CT molecular complexity index is 461. The van der Waals surface area contributed by atoms with Crippen LogP contribution < -0.4 is 10.5 Å². The lowest BCUT2D eigenvalue weighted by molar-refractivity contribution is -0.137. The van der Waals surface area contributed by atoms with Crippen molar-refractivity contribution in [3.63, 3.8) is 0 Å². The number of benzene rings is 1. The molecule has 19 heavy (non-hydrogen) atoms. The molecule has 0 atom stereocenters. The zero-order valence-corrected chi connectivity index (χ0v) is 10.1. The minimum absolute atomic E-state index is 0.0267. The number of alkyl halides is 3. The van der Waals surface area contributed by atoms with E-state index in [0.717, 1.165) is 12.1 Å². The van der Waals surface area contributed by atoms with Crippen molar-refractivity contribution in [3.8, 4) is 5.75 Å². The molecule has 5 nitrogen and oxygen atoms in total. The summed E-state index contributed by atoms with van der Waals surface area (Å²) in [4.78, 5) is 0. The Labute approximate surface area is 107 Å². The molecule has 0 amide bonds. The van der Waals surface area contributed by atoms with Crippen LogP contribution in [0.15, 0.2) is 23.4 Å². The highest BCUT2D eigenvalue weighted by atomic mass is 19.4. The van der Waals surface area contributed by atoms with Crippen LogP contribution in [-0.4, -0.2) is 31.4 Å². The summed E-state index contributed by atoms with van der Waals surface area (Å²) < 4.78 is 48.3. The maximum absolute atomic E-state index is 12.8. The minimum Gasteiger partial charge on any atom is -0.491 e. The third kappa shape index (κ3) is 4.02. The van der Waals surface area contributed by atoms with Crippen LogP contribution in [0.1, 0.15) is 11.1 Å². The maximum Gasteiger partial charge on any atom is 0.417 e. The lowest BCUT2D eigenvalue weighted by Crippen LogP contribution is -2.20. The van der Waals surface area contributed by atoms with Crippen molar-refractivity contribution in [1.82, 2.24) is 0 Å². The SMILES string of the molecule is COCCOc1ccc(/C(N)=N/O)c(C(F)(F)F)c1. The Morgan fingerprint density at radius 1 is 1.37 bits per heavy atom. The normalized spacial score (nSPS) is 12.5. The zero-order valence-electron chi connectivity index (χ0n) is 10.1. The molecule has 0 bridgehead atoms. The third-order valence-electron chi connectivity index (χ3n) is 2.24. The molecule has 0 unspecified atom stereocenters. The fourth-order valence-corrected chi connectivity index (χ4v) is 1.37. The first-order valence-corrected chi connectivity index (χ1v) is 5.21. The molecular weight excluding hydrogens is 265 g/mol. The van der Waals surface area contributed by atoms with Crippen molar-refractivity contribution < 1.29 is 27.9 Å². The van der Waals surface area contributed by atoms with E-state index in [4.69, 9.17) is 20.4 Å². The topological polar surface area (TPSA) is 77.1 Å². The van der Waals surface area contributed by atoms with Crippen molar-refractivity contribution in [2.75, 3.05) is 20.3 Å². The van der Waals surface area contributed by atoms with Gasteiger partial charge in [0.1, 0.15) is 12.4 Å². The van der Waals surface area contributed by atoms with E-state index in [1.165, 1.54) is 13.2 Å². The zero-order chi connectivity index (χ0) is 14.5. The number of rotatable bonds is 5. The fraction of sp³-hybridized carbons (Fsp3) is 0.364. The number of oxime groups is 1. The highest BCUT2D eigenvalue weighted by Gasteiger charge is 2.34. The smallest absolute Gasteiger partial charge is 0.417 e. The Kier molecular flexibility index (Phi) is 4.99. The van der Waals surface area contributed by atoms with Gasteiger partial charge in [-0.25, -0.2) is 0 Å². The van der Waals surface area contributed by atoms with E-state index in [2.05, 4.69) is 5.16 Å². The standard InChI is InChI=1S/C11H13F3N2O3/c1-18-4-5-19-7-2-3-8(10(15)16-17)9(6-7)11(12,13)14/h2-3,6,17H,4-5H2,1H3,(H2,15,16). The average Bonchev–Trinajstić information content (AvgIpc) is 2.37. The van der Waals surface area contributed by atoms with Gasteiger partial charge in [-0.3, -0.25) is 0 Å². The summed E-state index contributed by atoms with van der Waals surface area (Å²) in [5.41, 5.74) is 3.76. The average molecular weight is 278 g/mol. The summed E-state index contributed by atoms with van der Waals surface area (Å²) in [6.45, 7) is 0.375. The number of methoxy groups -OCH3 is 1. The molecule has 1 aromatic rings. The molecule has 0 fully saturated rings. The van der Waals surface area contributed by atoms with Gasteiger partial charge in [-0.1, -0.05) is 5.16 Å². The fourth-order valence-electron chi connectivity index (χ4n) is 1.37. The van der Waals surface area contributed by atoms with Crippen LogP contribution in [0, 0.1) is 0 Å². The molecule has 0 saturated carbocycles. The summed E-state index contributed by atoms with van der Waals surface area (Å²) in [5, 5.41) is 11.0. The first-order valence-electron chi connectivity index (χ1n) is 5.21. The van der Waals surface area contributed by atoms with Gasteiger partial charge in [0.05, 0.1) is 12.2 Å². The highest BCUT2D eigenvalue weighted by Crippen LogP contribution is 2.34. The summed E-state index contributed by atoms with van der Waals surface area (Å²) in [6, 6.07) is 3.18. The summed E-state index contributed by atoms with van der Waals surface area (Å²) >= 11 is 0. The minimum atomic E-state index is -4.63. The number of halogens is 3. The van der Waals surface area contributed by atoms with Crippen LogP contribution in [0.25, 0.3) is 0 Å². The molecule has 0 aliphatic rings. The summed E-state index contributed by atoms with van der Waals surface area (Å²) in [6.07, 6.45) is -4.63. The van der Waals surface area contributed by atoms with E-state index in [1.807, 2.05) is 0 Å². The summed E-state index contributed by atoms with van der Waals surface area (Å²) in [7, 11) is 1.45. The van der Waals surface area contributed by atoms with Gasteiger partial charge < -0.3 is 20.4 Å². The monoisotopic (exact) mass is 278 g/mol. The lowest BCUT2D eigenvalue weighted by Gasteiger charge is -2.14. The Hall–Kier alpha value is -1.96. The number of ether oxygens (including phenoxy) is 2. The van der Waals surface area contributed by atoms with Gasteiger partial charge >= 0.3 is 6.18 Å². The van der Waals surface area contributed by atoms with Crippen LogP contribution in [0.3, 0.4) is 0 Å². The van der Waals surface area contributed by atoms with E-state index >= 15 is 0 Å². The van der Waals surface area contributed by atoms with Crippen molar-refractivity contribution in [3.05, 3.63) is 29.3 Å². The van der Waals surface area contributed by atoms with E-state index in [9.17, 15) is 13.2 Å². The molecule has 1 rings (SSSR count). The number of hydrogen-bond acceptors (Lipinski definition) is 4. The van der Waals surface area contributed by atoms with Gasteiger partial charge in [0.25, 0.3) is 0 Å². The van der Waals surface area contributed by atoms with E-state index < -0.39 is 23.1 Å². The van der Waals surface area contributed by atoms with Crippen LogP contribution in [0.4, 0.5) is 13.2 Å². The van der Waals surface area contributed by atoms with Gasteiger partial charge in [-0.05, 0) is 18.2 Å². The van der Waals surface area contributed by atoms with Gasteiger partial charge in [0.15, 0.2) is 5.84 Å². The molecule has 0 aromatic heterocycles. The molecule has 0 aliphatic heterocycles. The summed E-state index contributed by atoms with van der Waals surface area (Å²) in [5.74, 6) is -0.588. The predicted molar refractivity (Wildman–Crippen MR) is 61.3 cm³/mol. The number of nitrogens with two attached hydrogens (primary N) is 1. The van der Waals surface area contributed by atoms with Crippen LogP contribution in [0.5, 0.6) is 5.75 Å². The van der Waals surface area contributed by atoms with Gasteiger partial charge in [0, 0.05) is 12.7 Å². The highest BCUT2D eigenvalue weighted by molar-refractivity contribution is 5.98. The Morgan fingerprint density at radius 2 is 2.05 bits per heavy atom. The molecule has 0 radical (unpaired) electrons. The quantitative estimate of drug-likeness (QED) is 0.283. The first kappa shape index (κ1) is 15.1. The van der Waals surface area contributed by atoms with Crippen molar-refractivity contribution >= 4 is 5.84 Å². The predicted octanol–water partition coefficient (Wildman–Crippen LogP) is 1.83. The molecule has 0 heterocycles. The van der Waals surface area contributed by atoms with Crippen LogP contribution in [-0.2, 0) is 10.9 Å². The van der Waals surface area contributed by atoms with Crippen molar-refractivity contribution in [2.45, 2.75) is 6.18 Å². The van der Waals surface area contributed by atoms with Crippen LogP contribution >= 0.6 is 0 Å². The number of nitrogens with zero attached hydrogens (tertiary/aromatic N) is 1. The maximum atomic E-state index is 12.8. The van der Waals surface area contributed by atoms with Crippen molar-refractivity contribution in [1.29, 1.82) is 0 Å². The van der Waals surface area contributed by atoms with Gasteiger partial charge in [0.2, 0.25) is 0 Å². The number of hydrogen-bond donors (Lipinski definition) is 2. The molecule has 3 N–H and O–H groups in total. The molecule has 0 saturated heterocycles. The van der Waals surface area contributed by atoms with Crippen LogP contribution in [0.2, 0.25) is 0 Å². The van der Waals surface area contributed by atoms with E-state index in [-0.39, 0.29) is 19.0 Å². The second-order valence-electron chi connectivity index (χ2n) is 3.53. The Morgan fingerprint density at radius 3 is 2.58 bits per heavy atom. The molecule has 106 valence electrons. The Balaban J connectivity index is 3.09.